The van der Waals surface area contributed by atoms with Gasteiger partial charge in [0, 0.05) is 18.3 Å². The van der Waals surface area contributed by atoms with Crippen LogP contribution in [0.2, 0.25) is 0 Å². The maximum Gasteiger partial charge on any atom is 0.256 e. The van der Waals surface area contributed by atoms with Crippen LogP contribution in [0, 0.1) is 13.8 Å². The minimum atomic E-state index is -0.321. The molecule has 8 nitrogen and oxygen atoms in total. The first kappa shape index (κ1) is 22.0. The van der Waals surface area contributed by atoms with Crippen LogP contribution >= 0.6 is 0 Å². The van der Waals surface area contributed by atoms with E-state index in [2.05, 4.69) is 45.0 Å². The highest BCUT2D eigenvalue weighted by Gasteiger charge is 2.18. The predicted molar refractivity (Wildman–Crippen MR) is 128 cm³/mol. The van der Waals surface area contributed by atoms with E-state index >= 15 is 0 Å². The molecular weight excluding hydrogens is 418 g/mol. The summed E-state index contributed by atoms with van der Waals surface area (Å²) in [6, 6.07) is 15.0. The number of aromatic nitrogens is 3. The molecule has 0 aliphatic carbocycles. The standard InChI is InChI=1S/C25H25N5O3/c1-15-5-7-18(8-6-15)14-30-24-21(13-26-30)20(11-16(2)27-24)25(32)29-22-12-19(28-17(3)31)9-10-23(22)33-4/h5-13H,14H2,1-4H3,(H,28,31)(H,29,32). The quantitative estimate of drug-likeness (QED) is 0.463. The van der Waals surface area contributed by atoms with Crippen molar-refractivity contribution in [3.63, 3.8) is 0 Å². The predicted octanol–water partition coefficient (Wildman–Crippen LogP) is 4.32. The Morgan fingerprint density at radius 3 is 2.48 bits per heavy atom. The van der Waals surface area contributed by atoms with Crippen LogP contribution in [0.25, 0.3) is 11.0 Å². The van der Waals surface area contributed by atoms with Crippen LogP contribution in [0.5, 0.6) is 5.75 Å². The minimum Gasteiger partial charge on any atom is -0.495 e. The zero-order valence-corrected chi connectivity index (χ0v) is 19.0. The van der Waals surface area contributed by atoms with Crippen molar-refractivity contribution >= 4 is 34.2 Å². The Hall–Kier alpha value is -4.20. The molecule has 2 amide bonds. The average Bonchev–Trinajstić information content (AvgIpc) is 3.17. The van der Waals surface area contributed by atoms with Gasteiger partial charge in [-0.1, -0.05) is 29.8 Å². The normalized spacial score (nSPS) is 10.8. The van der Waals surface area contributed by atoms with E-state index in [1.54, 1.807) is 35.1 Å². The number of anilines is 2. The summed E-state index contributed by atoms with van der Waals surface area (Å²) < 4.78 is 7.17. The molecule has 168 valence electrons. The van der Waals surface area contributed by atoms with Crippen LogP contribution in [-0.2, 0) is 11.3 Å². The van der Waals surface area contributed by atoms with Crippen LogP contribution < -0.4 is 15.4 Å². The van der Waals surface area contributed by atoms with E-state index in [-0.39, 0.29) is 11.8 Å². The van der Waals surface area contributed by atoms with E-state index < -0.39 is 0 Å². The molecule has 2 heterocycles. The van der Waals surface area contributed by atoms with Gasteiger partial charge in [-0.2, -0.15) is 5.10 Å². The Bertz CT molecular complexity index is 1340. The summed E-state index contributed by atoms with van der Waals surface area (Å²) in [5.41, 5.74) is 5.09. The first-order valence-corrected chi connectivity index (χ1v) is 10.5. The molecule has 2 N–H and O–H groups in total. The summed E-state index contributed by atoms with van der Waals surface area (Å²) in [6.07, 6.45) is 1.66. The molecule has 4 rings (SSSR count). The van der Waals surface area contributed by atoms with Crippen LogP contribution in [0.3, 0.4) is 0 Å². The van der Waals surface area contributed by atoms with Gasteiger partial charge in [0.1, 0.15) is 5.75 Å². The molecule has 2 aromatic heterocycles. The molecule has 0 spiro atoms. The van der Waals surface area contributed by atoms with Crippen molar-refractivity contribution in [1.29, 1.82) is 0 Å². The highest BCUT2D eigenvalue weighted by molar-refractivity contribution is 6.12. The average molecular weight is 444 g/mol. The number of hydrogen-bond acceptors (Lipinski definition) is 5. The van der Waals surface area contributed by atoms with E-state index in [9.17, 15) is 9.59 Å². The van der Waals surface area contributed by atoms with Gasteiger partial charge in [-0.25, -0.2) is 9.67 Å². The van der Waals surface area contributed by atoms with Crippen LogP contribution in [0.15, 0.2) is 54.7 Å². The van der Waals surface area contributed by atoms with Gasteiger partial charge in [0.25, 0.3) is 5.91 Å². The summed E-state index contributed by atoms with van der Waals surface area (Å²) in [6.45, 7) is 5.86. The van der Waals surface area contributed by atoms with Gasteiger partial charge in [-0.15, -0.1) is 0 Å². The third kappa shape index (κ3) is 4.85. The molecule has 8 heteroatoms. The summed E-state index contributed by atoms with van der Waals surface area (Å²) in [7, 11) is 1.52. The summed E-state index contributed by atoms with van der Waals surface area (Å²) in [5.74, 6) is -0.0434. The Labute approximate surface area is 191 Å². The number of nitrogens with zero attached hydrogens (tertiary/aromatic N) is 3. The molecule has 0 unspecified atom stereocenters. The van der Waals surface area contributed by atoms with E-state index in [1.807, 2.05) is 13.8 Å². The number of pyridine rings is 1. The van der Waals surface area contributed by atoms with Crippen molar-refractivity contribution in [2.45, 2.75) is 27.3 Å². The van der Waals surface area contributed by atoms with Crippen molar-refractivity contribution in [3.8, 4) is 5.75 Å². The van der Waals surface area contributed by atoms with Gasteiger partial charge in [-0.05, 0) is 43.7 Å². The van der Waals surface area contributed by atoms with Gasteiger partial charge in [-0.3, -0.25) is 9.59 Å². The molecule has 0 atom stereocenters. The molecule has 0 saturated heterocycles. The van der Waals surface area contributed by atoms with E-state index in [0.29, 0.717) is 46.0 Å². The second-order valence-corrected chi connectivity index (χ2v) is 7.89. The zero-order chi connectivity index (χ0) is 23.5. The number of fused-ring (bicyclic) bond motifs is 1. The molecule has 0 bridgehead atoms. The molecule has 0 fully saturated rings. The number of carbonyl (C=O) groups excluding carboxylic acids is 2. The Morgan fingerprint density at radius 1 is 1.03 bits per heavy atom. The van der Waals surface area contributed by atoms with Gasteiger partial charge >= 0.3 is 0 Å². The maximum absolute atomic E-state index is 13.3. The number of amides is 2. The fraction of sp³-hybridized carbons (Fsp3) is 0.200. The van der Waals surface area contributed by atoms with Gasteiger partial charge < -0.3 is 15.4 Å². The Balaban J connectivity index is 1.67. The van der Waals surface area contributed by atoms with Gasteiger partial charge in [0.2, 0.25) is 5.91 Å². The minimum absolute atomic E-state index is 0.204. The summed E-state index contributed by atoms with van der Waals surface area (Å²) in [4.78, 5) is 29.3. The lowest BCUT2D eigenvalue weighted by Gasteiger charge is -2.13. The number of ether oxygens (including phenoxy) is 1. The van der Waals surface area contributed by atoms with Crippen molar-refractivity contribution < 1.29 is 14.3 Å². The van der Waals surface area contributed by atoms with E-state index in [4.69, 9.17) is 4.74 Å². The lowest BCUT2D eigenvalue weighted by Crippen LogP contribution is -2.15. The van der Waals surface area contributed by atoms with Crippen molar-refractivity contribution in [3.05, 3.63) is 77.1 Å². The molecule has 0 saturated carbocycles. The number of benzene rings is 2. The molecule has 0 radical (unpaired) electrons. The summed E-state index contributed by atoms with van der Waals surface area (Å²) in [5, 5.41) is 10.7. The number of rotatable bonds is 6. The van der Waals surface area contributed by atoms with Gasteiger partial charge in [0.05, 0.1) is 36.5 Å². The second kappa shape index (κ2) is 9.12. The summed E-state index contributed by atoms with van der Waals surface area (Å²) >= 11 is 0. The van der Waals surface area contributed by atoms with E-state index in [0.717, 1.165) is 5.56 Å². The lowest BCUT2D eigenvalue weighted by molar-refractivity contribution is -0.114. The van der Waals surface area contributed by atoms with Crippen molar-refractivity contribution in [2.75, 3.05) is 17.7 Å². The Morgan fingerprint density at radius 2 is 1.79 bits per heavy atom. The molecule has 2 aromatic carbocycles. The number of aryl methyl sites for hydroxylation is 2. The first-order chi connectivity index (χ1) is 15.8. The van der Waals surface area contributed by atoms with Crippen molar-refractivity contribution in [1.82, 2.24) is 14.8 Å². The fourth-order valence-corrected chi connectivity index (χ4v) is 3.62. The van der Waals surface area contributed by atoms with Crippen LogP contribution in [0.4, 0.5) is 11.4 Å². The fourth-order valence-electron chi connectivity index (χ4n) is 3.62. The third-order valence-electron chi connectivity index (χ3n) is 5.20. The second-order valence-electron chi connectivity index (χ2n) is 7.89. The first-order valence-electron chi connectivity index (χ1n) is 10.5. The molecular formula is C25H25N5O3. The monoisotopic (exact) mass is 443 g/mol. The molecule has 4 aromatic rings. The van der Waals surface area contributed by atoms with Crippen LogP contribution in [-0.4, -0.2) is 33.7 Å². The maximum atomic E-state index is 13.3. The number of carbonyl (C=O) groups is 2. The van der Waals surface area contributed by atoms with Crippen LogP contribution in [0.1, 0.15) is 34.1 Å². The third-order valence-corrected chi connectivity index (χ3v) is 5.20. The SMILES string of the molecule is COc1ccc(NC(C)=O)cc1NC(=O)c1cc(C)nc2c1cnn2Cc1ccc(C)cc1. The number of nitrogens with one attached hydrogen (secondary N) is 2. The molecule has 33 heavy (non-hydrogen) atoms. The topological polar surface area (TPSA) is 98.1 Å². The van der Waals surface area contributed by atoms with Crippen molar-refractivity contribution in [2.24, 2.45) is 0 Å². The molecule has 0 aliphatic rings. The molecule has 0 aliphatic heterocycles. The highest BCUT2D eigenvalue weighted by Crippen LogP contribution is 2.29. The largest absolute Gasteiger partial charge is 0.495 e. The highest BCUT2D eigenvalue weighted by atomic mass is 16.5. The number of hydrogen-bond donors (Lipinski definition) is 2. The van der Waals surface area contributed by atoms with Gasteiger partial charge in [0.15, 0.2) is 5.65 Å². The lowest BCUT2D eigenvalue weighted by atomic mass is 10.1. The Kier molecular flexibility index (Phi) is 6.08. The van der Waals surface area contributed by atoms with E-state index in [1.165, 1.54) is 19.6 Å². The number of methoxy groups -OCH3 is 1. The zero-order valence-electron chi connectivity index (χ0n) is 19.0. The smallest absolute Gasteiger partial charge is 0.256 e.